The van der Waals surface area contributed by atoms with Gasteiger partial charge in [-0.05, 0) is 31.5 Å². The zero-order valence-corrected chi connectivity index (χ0v) is 10.3. The zero-order chi connectivity index (χ0) is 12.7. The van der Waals surface area contributed by atoms with Crippen molar-refractivity contribution in [2.75, 3.05) is 6.54 Å². The average Bonchev–Trinajstić information content (AvgIpc) is 2.71. The summed E-state index contributed by atoms with van der Waals surface area (Å²) in [5, 5.41) is 11.9. The average molecular weight is 256 g/mol. The van der Waals surface area contributed by atoms with Crippen molar-refractivity contribution in [1.29, 1.82) is 0 Å². The Morgan fingerprint density at radius 2 is 2.12 bits per heavy atom. The van der Waals surface area contributed by atoms with Gasteiger partial charge in [0.1, 0.15) is 4.88 Å². The number of hydrogen-bond donors (Lipinski definition) is 3. The summed E-state index contributed by atoms with van der Waals surface area (Å²) in [4.78, 5) is 22.5. The van der Waals surface area contributed by atoms with E-state index in [0.29, 0.717) is 17.8 Å². The fraction of sp³-hybridized carbons (Fsp3) is 0.455. The fourth-order valence-electron chi connectivity index (χ4n) is 1.35. The third-order valence-electron chi connectivity index (χ3n) is 2.20. The van der Waals surface area contributed by atoms with Crippen LogP contribution in [0.5, 0.6) is 0 Å². The summed E-state index contributed by atoms with van der Waals surface area (Å²) in [7, 11) is 0. The number of nitrogens with one attached hydrogen (secondary N) is 1. The molecule has 5 nitrogen and oxygen atoms in total. The largest absolute Gasteiger partial charge is 0.477 e. The number of primary amides is 1. The van der Waals surface area contributed by atoms with E-state index in [1.807, 2.05) is 6.07 Å². The van der Waals surface area contributed by atoms with Crippen molar-refractivity contribution < 1.29 is 14.7 Å². The molecule has 17 heavy (non-hydrogen) atoms. The monoisotopic (exact) mass is 256 g/mol. The Kier molecular flexibility index (Phi) is 5.65. The van der Waals surface area contributed by atoms with Crippen LogP contribution in [0.15, 0.2) is 12.1 Å². The number of rotatable bonds is 8. The minimum absolute atomic E-state index is 0.269. The first-order valence-corrected chi connectivity index (χ1v) is 6.22. The summed E-state index contributed by atoms with van der Waals surface area (Å²) in [5.41, 5.74) is 5.02. The number of carboxylic acid groups (broad SMARTS) is 1. The molecule has 0 aliphatic rings. The first-order valence-electron chi connectivity index (χ1n) is 5.40. The van der Waals surface area contributed by atoms with Crippen LogP contribution in [0.3, 0.4) is 0 Å². The van der Waals surface area contributed by atoms with Crippen LogP contribution in [0.2, 0.25) is 0 Å². The molecule has 0 aliphatic heterocycles. The quantitative estimate of drug-likeness (QED) is 0.609. The van der Waals surface area contributed by atoms with Gasteiger partial charge >= 0.3 is 5.97 Å². The third kappa shape index (κ3) is 5.46. The van der Waals surface area contributed by atoms with Crippen LogP contribution in [-0.4, -0.2) is 23.5 Å². The molecule has 1 heterocycles. The van der Waals surface area contributed by atoms with Gasteiger partial charge < -0.3 is 16.2 Å². The van der Waals surface area contributed by atoms with Gasteiger partial charge in [0, 0.05) is 17.8 Å². The molecule has 0 bridgehead atoms. The molecule has 1 amide bonds. The Balaban J connectivity index is 2.13. The topological polar surface area (TPSA) is 92.4 Å². The van der Waals surface area contributed by atoms with E-state index in [1.54, 1.807) is 6.07 Å². The standard InChI is InChI=1S/C11H16N2O3S/c12-10(14)3-1-2-6-13-7-8-4-5-9(17-8)11(15)16/h4-5,13H,1-3,6-7H2,(H2,12,14)(H,15,16). The first-order chi connectivity index (χ1) is 8.09. The van der Waals surface area contributed by atoms with Gasteiger partial charge in [-0.15, -0.1) is 11.3 Å². The van der Waals surface area contributed by atoms with Crippen LogP contribution >= 0.6 is 11.3 Å². The number of nitrogens with two attached hydrogens (primary N) is 1. The van der Waals surface area contributed by atoms with E-state index < -0.39 is 5.97 Å². The molecule has 1 aromatic rings. The predicted molar refractivity (Wildman–Crippen MR) is 66.0 cm³/mol. The van der Waals surface area contributed by atoms with E-state index in [1.165, 1.54) is 11.3 Å². The molecule has 94 valence electrons. The fourth-order valence-corrected chi connectivity index (χ4v) is 2.16. The summed E-state index contributed by atoms with van der Waals surface area (Å²) < 4.78 is 0. The molecule has 0 saturated heterocycles. The lowest BCUT2D eigenvalue weighted by Crippen LogP contribution is -2.15. The van der Waals surface area contributed by atoms with Crippen molar-refractivity contribution in [1.82, 2.24) is 5.32 Å². The normalized spacial score (nSPS) is 10.4. The molecule has 0 atom stereocenters. The van der Waals surface area contributed by atoms with Gasteiger partial charge in [-0.1, -0.05) is 0 Å². The van der Waals surface area contributed by atoms with Crippen molar-refractivity contribution in [2.24, 2.45) is 5.73 Å². The lowest BCUT2D eigenvalue weighted by molar-refractivity contribution is -0.118. The second-order valence-electron chi connectivity index (χ2n) is 3.67. The first kappa shape index (κ1) is 13.7. The van der Waals surface area contributed by atoms with E-state index in [9.17, 15) is 9.59 Å². The van der Waals surface area contributed by atoms with Gasteiger partial charge in [-0.2, -0.15) is 0 Å². The molecule has 1 rings (SSSR count). The Hall–Kier alpha value is -1.40. The van der Waals surface area contributed by atoms with Crippen molar-refractivity contribution in [3.8, 4) is 0 Å². The number of aromatic carboxylic acids is 1. The molecule has 1 aromatic heterocycles. The van der Waals surface area contributed by atoms with Crippen molar-refractivity contribution >= 4 is 23.2 Å². The number of thiophene rings is 1. The Bertz CT molecular complexity index is 390. The minimum atomic E-state index is -0.886. The van der Waals surface area contributed by atoms with Gasteiger partial charge in [0.25, 0.3) is 0 Å². The molecule has 6 heteroatoms. The van der Waals surface area contributed by atoms with E-state index in [2.05, 4.69) is 5.32 Å². The van der Waals surface area contributed by atoms with Crippen LogP contribution in [0.4, 0.5) is 0 Å². The van der Waals surface area contributed by atoms with Crippen LogP contribution in [0.25, 0.3) is 0 Å². The van der Waals surface area contributed by atoms with E-state index >= 15 is 0 Å². The molecular weight excluding hydrogens is 240 g/mol. The van der Waals surface area contributed by atoms with Gasteiger partial charge in [0.2, 0.25) is 5.91 Å². The SMILES string of the molecule is NC(=O)CCCCNCc1ccc(C(=O)O)s1. The summed E-state index contributed by atoms with van der Waals surface area (Å²) in [5.74, 6) is -1.16. The molecule has 0 fully saturated rings. The molecule has 4 N–H and O–H groups in total. The van der Waals surface area contributed by atoms with Crippen molar-refractivity contribution in [2.45, 2.75) is 25.8 Å². The molecule has 0 aromatic carbocycles. The van der Waals surface area contributed by atoms with E-state index in [0.717, 1.165) is 24.3 Å². The Morgan fingerprint density at radius 1 is 1.35 bits per heavy atom. The lowest BCUT2D eigenvalue weighted by Gasteiger charge is -2.01. The highest BCUT2D eigenvalue weighted by molar-refractivity contribution is 7.13. The smallest absolute Gasteiger partial charge is 0.345 e. The van der Waals surface area contributed by atoms with Crippen LogP contribution in [0.1, 0.15) is 33.8 Å². The van der Waals surface area contributed by atoms with Gasteiger partial charge in [-0.25, -0.2) is 4.79 Å². The number of amides is 1. The number of carbonyl (C=O) groups is 2. The maximum Gasteiger partial charge on any atom is 0.345 e. The number of carbonyl (C=O) groups excluding carboxylic acids is 1. The second kappa shape index (κ2) is 7.03. The summed E-state index contributed by atoms with van der Waals surface area (Å²) in [6, 6.07) is 3.42. The minimum Gasteiger partial charge on any atom is -0.477 e. The Morgan fingerprint density at radius 3 is 2.71 bits per heavy atom. The molecular formula is C11H16N2O3S. The number of hydrogen-bond acceptors (Lipinski definition) is 4. The highest BCUT2D eigenvalue weighted by Crippen LogP contribution is 2.15. The molecule has 0 spiro atoms. The van der Waals surface area contributed by atoms with Crippen LogP contribution in [0, 0.1) is 0 Å². The van der Waals surface area contributed by atoms with E-state index in [4.69, 9.17) is 10.8 Å². The zero-order valence-electron chi connectivity index (χ0n) is 9.44. The summed E-state index contributed by atoms with van der Waals surface area (Å²) >= 11 is 1.27. The van der Waals surface area contributed by atoms with Crippen molar-refractivity contribution in [3.63, 3.8) is 0 Å². The van der Waals surface area contributed by atoms with Crippen LogP contribution < -0.4 is 11.1 Å². The predicted octanol–water partition coefficient (Wildman–Crippen LogP) is 1.19. The second-order valence-corrected chi connectivity index (χ2v) is 4.84. The molecule has 0 radical (unpaired) electrons. The number of unbranched alkanes of at least 4 members (excludes halogenated alkanes) is 1. The maximum absolute atomic E-state index is 10.6. The van der Waals surface area contributed by atoms with Crippen molar-refractivity contribution in [3.05, 3.63) is 21.9 Å². The van der Waals surface area contributed by atoms with E-state index in [-0.39, 0.29) is 5.91 Å². The molecule has 0 aliphatic carbocycles. The van der Waals surface area contributed by atoms with Crippen LogP contribution in [-0.2, 0) is 11.3 Å². The summed E-state index contributed by atoms with van der Waals surface area (Å²) in [6.07, 6.45) is 2.09. The summed E-state index contributed by atoms with van der Waals surface area (Å²) in [6.45, 7) is 1.46. The lowest BCUT2D eigenvalue weighted by atomic mass is 10.2. The van der Waals surface area contributed by atoms with Gasteiger partial charge in [-0.3, -0.25) is 4.79 Å². The Labute approximate surface area is 104 Å². The van der Waals surface area contributed by atoms with Gasteiger partial charge in [0.05, 0.1) is 0 Å². The molecule has 0 saturated carbocycles. The number of carboxylic acids is 1. The maximum atomic E-state index is 10.6. The van der Waals surface area contributed by atoms with Gasteiger partial charge in [0.15, 0.2) is 0 Å². The highest BCUT2D eigenvalue weighted by atomic mass is 32.1. The highest BCUT2D eigenvalue weighted by Gasteiger charge is 2.06. The third-order valence-corrected chi connectivity index (χ3v) is 3.27. The molecule has 0 unspecified atom stereocenters.